The van der Waals surface area contributed by atoms with E-state index in [-0.39, 0.29) is 11.7 Å². The van der Waals surface area contributed by atoms with Crippen LogP contribution in [0.4, 0.5) is 0 Å². The predicted molar refractivity (Wildman–Crippen MR) is 67.2 cm³/mol. The molecule has 8 nitrogen and oxygen atoms in total. The van der Waals surface area contributed by atoms with Crippen LogP contribution < -0.4 is 5.73 Å². The number of carbonyl (C=O) groups is 1. The molecule has 0 radical (unpaired) electrons. The third-order valence-corrected chi connectivity index (χ3v) is 3.78. The molecule has 104 valence electrons. The summed E-state index contributed by atoms with van der Waals surface area (Å²) >= 11 is 0. The van der Waals surface area contributed by atoms with E-state index in [4.69, 9.17) is 10.9 Å². The van der Waals surface area contributed by atoms with Crippen LogP contribution in [0, 0.1) is 5.41 Å². The molecule has 1 aliphatic rings. The van der Waals surface area contributed by atoms with Gasteiger partial charge in [0.15, 0.2) is 11.7 Å². The maximum atomic E-state index is 12.6. The Morgan fingerprint density at radius 1 is 1.63 bits per heavy atom. The molecule has 19 heavy (non-hydrogen) atoms. The largest absolute Gasteiger partial charge is 0.409 e. The first kappa shape index (κ1) is 13.3. The smallest absolute Gasteiger partial charge is 0.236 e. The van der Waals surface area contributed by atoms with Crippen LogP contribution in [-0.4, -0.2) is 43.2 Å². The number of rotatable bonds is 3. The van der Waals surface area contributed by atoms with Gasteiger partial charge in [0, 0.05) is 13.1 Å². The Balaban J connectivity index is 2.21. The first-order valence-electron chi connectivity index (χ1n) is 6.17. The Labute approximate surface area is 110 Å². The fourth-order valence-corrected chi connectivity index (χ4v) is 2.14. The van der Waals surface area contributed by atoms with Crippen LogP contribution in [0.5, 0.6) is 0 Å². The first-order chi connectivity index (χ1) is 9.02. The standard InChI is InChI=1S/C11H18N6O2/c1-3-11(2,9(12)15-19)10(18)16-4-5-17-7-13-14-8(17)6-16/h7,19H,3-6H2,1-2H3,(H2,12,15). The molecule has 0 bridgehead atoms. The molecule has 0 aromatic carbocycles. The molecule has 1 unspecified atom stereocenters. The molecular formula is C11H18N6O2. The molecular weight excluding hydrogens is 248 g/mol. The first-order valence-corrected chi connectivity index (χ1v) is 6.17. The fraction of sp³-hybridized carbons (Fsp3) is 0.636. The number of amidine groups is 1. The van der Waals surface area contributed by atoms with Crippen LogP contribution in [0.25, 0.3) is 0 Å². The monoisotopic (exact) mass is 266 g/mol. The quantitative estimate of drug-likeness (QED) is 0.340. The molecule has 0 saturated heterocycles. The number of hydrogen-bond acceptors (Lipinski definition) is 5. The van der Waals surface area contributed by atoms with Crippen LogP contribution in [0.2, 0.25) is 0 Å². The van der Waals surface area contributed by atoms with Gasteiger partial charge in [0.1, 0.15) is 11.7 Å². The average molecular weight is 266 g/mol. The van der Waals surface area contributed by atoms with Gasteiger partial charge in [-0.1, -0.05) is 12.1 Å². The molecule has 1 aromatic rings. The summed E-state index contributed by atoms with van der Waals surface area (Å²) in [5, 5.41) is 19.6. The predicted octanol–water partition coefficient (Wildman–Crippen LogP) is -0.217. The Bertz CT molecular complexity index is 511. The molecule has 3 N–H and O–H groups in total. The topological polar surface area (TPSA) is 110 Å². The van der Waals surface area contributed by atoms with Gasteiger partial charge in [-0.05, 0) is 13.3 Å². The molecule has 0 spiro atoms. The summed E-state index contributed by atoms with van der Waals surface area (Å²) in [5.41, 5.74) is 4.67. The molecule has 0 aliphatic carbocycles. The lowest BCUT2D eigenvalue weighted by Gasteiger charge is -2.34. The zero-order chi connectivity index (χ0) is 14.0. The van der Waals surface area contributed by atoms with Crippen molar-refractivity contribution < 1.29 is 10.0 Å². The zero-order valence-corrected chi connectivity index (χ0v) is 11.1. The van der Waals surface area contributed by atoms with Gasteiger partial charge in [-0.2, -0.15) is 0 Å². The summed E-state index contributed by atoms with van der Waals surface area (Å²) in [5.74, 6) is 0.532. The number of aromatic nitrogens is 3. The van der Waals surface area contributed by atoms with E-state index in [9.17, 15) is 4.79 Å². The molecule has 0 fully saturated rings. The molecule has 2 rings (SSSR count). The zero-order valence-electron chi connectivity index (χ0n) is 11.1. The Hall–Kier alpha value is -2.12. The molecule has 2 heterocycles. The number of oxime groups is 1. The van der Waals surface area contributed by atoms with Gasteiger partial charge < -0.3 is 20.4 Å². The van der Waals surface area contributed by atoms with E-state index in [0.29, 0.717) is 26.1 Å². The van der Waals surface area contributed by atoms with E-state index >= 15 is 0 Å². The van der Waals surface area contributed by atoms with E-state index in [1.807, 2.05) is 11.5 Å². The van der Waals surface area contributed by atoms with Gasteiger partial charge in [-0.3, -0.25) is 4.79 Å². The van der Waals surface area contributed by atoms with E-state index in [1.165, 1.54) is 0 Å². The number of nitrogens with zero attached hydrogens (tertiary/aromatic N) is 5. The molecule has 1 atom stereocenters. The molecule has 1 aliphatic heterocycles. The molecule has 1 aromatic heterocycles. The maximum Gasteiger partial charge on any atom is 0.236 e. The minimum Gasteiger partial charge on any atom is -0.409 e. The fourth-order valence-electron chi connectivity index (χ4n) is 2.14. The number of hydrogen-bond donors (Lipinski definition) is 2. The summed E-state index contributed by atoms with van der Waals surface area (Å²) in [6, 6.07) is 0. The van der Waals surface area contributed by atoms with Crippen LogP contribution in [-0.2, 0) is 17.9 Å². The van der Waals surface area contributed by atoms with Gasteiger partial charge in [0.05, 0.1) is 6.54 Å². The molecule has 8 heteroatoms. The van der Waals surface area contributed by atoms with Crippen LogP contribution in [0.3, 0.4) is 0 Å². The second-order valence-corrected chi connectivity index (χ2v) is 4.84. The lowest BCUT2D eigenvalue weighted by molar-refractivity contribution is -0.139. The van der Waals surface area contributed by atoms with E-state index in [2.05, 4.69) is 15.4 Å². The van der Waals surface area contributed by atoms with E-state index < -0.39 is 5.41 Å². The minimum atomic E-state index is -0.989. The van der Waals surface area contributed by atoms with Crippen LogP contribution >= 0.6 is 0 Å². The van der Waals surface area contributed by atoms with Crippen molar-refractivity contribution in [3.05, 3.63) is 12.2 Å². The Kier molecular flexibility index (Phi) is 3.41. The van der Waals surface area contributed by atoms with E-state index in [0.717, 1.165) is 5.82 Å². The van der Waals surface area contributed by atoms with Crippen LogP contribution in [0.1, 0.15) is 26.1 Å². The van der Waals surface area contributed by atoms with Gasteiger partial charge in [-0.15, -0.1) is 10.2 Å². The summed E-state index contributed by atoms with van der Waals surface area (Å²) in [4.78, 5) is 14.3. The van der Waals surface area contributed by atoms with Crippen molar-refractivity contribution in [2.75, 3.05) is 6.54 Å². The number of fused-ring (bicyclic) bond motifs is 1. The maximum absolute atomic E-state index is 12.6. The summed E-state index contributed by atoms with van der Waals surface area (Å²) in [6.07, 6.45) is 2.12. The van der Waals surface area contributed by atoms with Crippen molar-refractivity contribution in [3.8, 4) is 0 Å². The van der Waals surface area contributed by atoms with Crippen molar-refractivity contribution in [2.45, 2.75) is 33.4 Å². The highest BCUT2D eigenvalue weighted by Gasteiger charge is 2.40. The van der Waals surface area contributed by atoms with Crippen molar-refractivity contribution in [1.82, 2.24) is 19.7 Å². The second kappa shape index (κ2) is 4.87. The highest BCUT2D eigenvalue weighted by atomic mass is 16.4. The Morgan fingerprint density at radius 3 is 3.00 bits per heavy atom. The second-order valence-electron chi connectivity index (χ2n) is 4.84. The molecule has 1 amide bonds. The lowest BCUT2D eigenvalue weighted by Crippen LogP contribution is -2.51. The van der Waals surface area contributed by atoms with Gasteiger partial charge >= 0.3 is 0 Å². The van der Waals surface area contributed by atoms with Crippen molar-refractivity contribution in [2.24, 2.45) is 16.3 Å². The summed E-state index contributed by atoms with van der Waals surface area (Å²) < 4.78 is 1.91. The van der Waals surface area contributed by atoms with Crippen LogP contribution in [0.15, 0.2) is 11.5 Å². The average Bonchev–Trinajstić information content (AvgIpc) is 2.91. The normalized spacial score (nSPS) is 18.8. The third-order valence-electron chi connectivity index (χ3n) is 3.78. The number of carbonyl (C=O) groups excluding carboxylic acids is 1. The summed E-state index contributed by atoms with van der Waals surface area (Å²) in [7, 11) is 0. The van der Waals surface area contributed by atoms with Crippen molar-refractivity contribution >= 4 is 11.7 Å². The number of amides is 1. The third kappa shape index (κ3) is 2.13. The Morgan fingerprint density at radius 2 is 2.37 bits per heavy atom. The van der Waals surface area contributed by atoms with Crippen molar-refractivity contribution in [3.63, 3.8) is 0 Å². The molecule has 0 saturated carbocycles. The summed E-state index contributed by atoms with van der Waals surface area (Å²) in [6.45, 7) is 5.14. The van der Waals surface area contributed by atoms with Crippen molar-refractivity contribution in [1.29, 1.82) is 0 Å². The number of nitrogens with two attached hydrogens (primary N) is 1. The van der Waals surface area contributed by atoms with Gasteiger partial charge in [0.2, 0.25) is 5.91 Å². The van der Waals surface area contributed by atoms with E-state index in [1.54, 1.807) is 18.2 Å². The highest BCUT2D eigenvalue weighted by Crippen LogP contribution is 2.26. The SMILES string of the molecule is CCC(C)(C(=O)N1CCn2cnnc2C1)C(N)=NO. The van der Waals surface area contributed by atoms with Gasteiger partial charge in [-0.25, -0.2) is 0 Å². The van der Waals surface area contributed by atoms with Gasteiger partial charge in [0.25, 0.3) is 0 Å². The minimum absolute atomic E-state index is 0.0629. The highest BCUT2D eigenvalue weighted by molar-refractivity contribution is 6.06. The lowest BCUT2D eigenvalue weighted by atomic mass is 9.84.